The first-order chi connectivity index (χ1) is 16.1. The van der Waals surface area contributed by atoms with Crippen LogP contribution >= 0.6 is 0 Å². The minimum atomic E-state index is -0.520. The van der Waals surface area contributed by atoms with Gasteiger partial charge in [-0.2, -0.15) is 15.5 Å². The second-order valence-corrected chi connectivity index (χ2v) is 7.71. The van der Waals surface area contributed by atoms with Gasteiger partial charge in [-0.3, -0.25) is 14.4 Å². The molecule has 166 valence electrons. The van der Waals surface area contributed by atoms with E-state index in [2.05, 4.69) is 15.2 Å². The van der Waals surface area contributed by atoms with Crippen LogP contribution in [-0.2, 0) is 11.3 Å². The molecule has 1 aromatic heterocycles. The number of nitriles is 1. The Kier molecular flexibility index (Phi) is 6.72. The second-order valence-electron chi connectivity index (χ2n) is 7.71. The number of aliphatic imine (C=N–C) groups is 1. The normalized spacial score (nSPS) is 15.9. The summed E-state index contributed by atoms with van der Waals surface area (Å²) < 4.78 is 6.80. The molecule has 1 unspecified atom stereocenters. The summed E-state index contributed by atoms with van der Waals surface area (Å²) in [4.78, 5) is 17.1. The van der Waals surface area contributed by atoms with Gasteiger partial charge in [-0.25, -0.2) is 0 Å². The number of azo groups is 1. The first kappa shape index (κ1) is 22.1. The van der Waals surface area contributed by atoms with Crippen molar-refractivity contribution in [2.45, 2.75) is 32.4 Å². The number of hydrogen-bond acceptors (Lipinski definition) is 7. The predicted molar refractivity (Wildman–Crippen MR) is 125 cm³/mol. The van der Waals surface area contributed by atoms with Gasteiger partial charge in [0.2, 0.25) is 5.88 Å². The van der Waals surface area contributed by atoms with Crippen LogP contribution in [0.1, 0.15) is 29.5 Å². The van der Waals surface area contributed by atoms with Gasteiger partial charge in [0.1, 0.15) is 11.6 Å². The summed E-state index contributed by atoms with van der Waals surface area (Å²) in [6.45, 7) is 2.46. The van der Waals surface area contributed by atoms with Crippen molar-refractivity contribution in [3.63, 3.8) is 0 Å². The van der Waals surface area contributed by atoms with Crippen LogP contribution in [0, 0.1) is 18.3 Å². The van der Waals surface area contributed by atoms with Crippen molar-refractivity contribution < 1.29 is 9.84 Å². The maximum Gasteiger partial charge on any atom is 0.271 e. The number of ether oxygens (including phenoxy) is 1. The predicted octanol–water partition coefficient (Wildman–Crippen LogP) is 5.08. The number of pyridine rings is 1. The van der Waals surface area contributed by atoms with Crippen molar-refractivity contribution in [1.29, 1.82) is 5.26 Å². The molecule has 8 nitrogen and oxygen atoms in total. The molecule has 0 amide bonds. The van der Waals surface area contributed by atoms with E-state index in [1.807, 2.05) is 36.4 Å². The molecule has 0 spiro atoms. The van der Waals surface area contributed by atoms with E-state index in [1.165, 1.54) is 10.8 Å². The Bertz CT molecular complexity index is 1280. The standard InChI is InChI=1S/C25H23N5O3/c1-17-22(14-26)24(31)30(16-21-8-5-13-33-21)25(32)23(17)15-27-18-9-11-20(12-10-18)29-28-19-6-3-2-4-7-19/h2-4,6-7,9-12,15,21,32H,5,8,13,16H2,1H3. The molecule has 33 heavy (non-hydrogen) atoms. The Morgan fingerprint density at radius 1 is 1.12 bits per heavy atom. The van der Waals surface area contributed by atoms with E-state index in [-0.39, 0.29) is 24.1 Å². The van der Waals surface area contributed by atoms with Gasteiger partial charge in [-0.15, -0.1) is 0 Å². The van der Waals surface area contributed by atoms with Crippen LogP contribution in [0.2, 0.25) is 0 Å². The fourth-order valence-corrected chi connectivity index (χ4v) is 3.64. The molecule has 1 N–H and O–H groups in total. The number of hydrogen-bond donors (Lipinski definition) is 1. The van der Waals surface area contributed by atoms with Gasteiger partial charge in [0, 0.05) is 12.8 Å². The summed E-state index contributed by atoms with van der Waals surface area (Å²) in [5.74, 6) is -0.218. The van der Waals surface area contributed by atoms with Gasteiger partial charge >= 0.3 is 0 Å². The summed E-state index contributed by atoms with van der Waals surface area (Å²) in [7, 11) is 0. The maximum atomic E-state index is 12.7. The molecule has 0 bridgehead atoms. The smallest absolute Gasteiger partial charge is 0.271 e. The third-order valence-corrected chi connectivity index (χ3v) is 5.49. The summed E-state index contributed by atoms with van der Waals surface area (Å²) in [5.41, 5.74) is 2.25. The highest BCUT2D eigenvalue weighted by atomic mass is 16.5. The van der Waals surface area contributed by atoms with Crippen molar-refractivity contribution in [3.05, 3.63) is 81.6 Å². The van der Waals surface area contributed by atoms with Crippen molar-refractivity contribution >= 4 is 23.3 Å². The van der Waals surface area contributed by atoms with Gasteiger partial charge in [-0.1, -0.05) is 18.2 Å². The second kappa shape index (κ2) is 10.0. The van der Waals surface area contributed by atoms with Crippen LogP contribution in [-0.4, -0.2) is 28.6 Å². The zero-order chi connectivity index (χ0) is 23.2. The molecule has 1 aliphatic heterocycles. The number of rotatable bonds is 6. The largest absolute Gasteiger partial charge is 0.494 e. The molecular weight excluding hydrogens is 418 g/mol. The highest BCUT2D eigenvalue weighted by Crippen LogP contribution is 2.25. The molecule has 1 atom stereocenters. The van der Waals surface area contributed by atoms with E-state index in [0.717, 1.165) is 18.5 Å². The molecule has 2 heterocycles. The van der Waals surface area contributed by atoms with Gasteiger partial charge in [0.05, 0.1) is 35.3 Å². The van der Waals surface area contributed by atoms with E-state index in [9.17, 15) is 15.2 Å². The first-order valence-corrected chi connectivity index (χ1v) is 10.7. The monoisotopic (exact) mass is 441 g/mol. The van der Waals surface area contributed by atoms with E-state index < -0.39 is 5.56 Å². The van der Waals surface area contributed by atoms with Gasteiger partial charge < -0.3 is 9.84 Å². The Labute approximate surface area is 191 Å². The van der Waals surface area contributed by atoms with Crippen LogP contribution in [0.15, 0.2) is 74.6 Å². The Morgan fingerprint density at radius 2 is 1.79 bits per heavy atom. The van der Waals surface area contributed by atoms with Crippen molar-refractivity contribution in [2.24, 2.45) is 15.2 Å². The Hall–Kier alpha value is -4.09. The van der Waals surface area contributed by atoms with Crippen LogP contribution in [0.5, 0.6) is 5.88 Å². The number of nitrogens with zero attached hydrogens (tertiary/aromatic N) is 5. The molecule has 0 radical (unpaired) electrons. The van der Waals surface area contributed by atoms with E-state index >= 15 is 0 Å². The molecule has 8 heteroatoms. The Morgan fingerprint density at radius 3 is 2.42 bits per heavy atom. The molecule has 1 saturated heterocycles. The van der Waals surface area contributed by atoms with Gasteiger partial charge in [0.25, 0.3) is 5.56 Å². The molecule has 0 saturated carbocycles. The number of aromatic nitrogens is 1. The number of aromatic hydroxyl groups is 1. The fourth-order valence-electron chi connectivity index (χ4n) is 3.64. The molecule has 2 aromatic carbocycles. The highest BCUT2D eigenvalue weighted by molar-refractivity contribution is 5.87. The van der Waals surface area contributed by atoms with Gasteiger partial charge in [-0.05, 0) is 61.7 Å². The van der Waals surface area contributed by atoms with Crippen LogP contribution in [0.4, 0.5) is 17.1 Å². The van der Waals surface area contributed by atoms with E-state index in [4.69, 9.17) is 4.74 Å². The van der Waals surface area contributed by atoms with Crippen molar-refractivity contribution in [3.8, 4) is 11.9 Å². The molecule has 1 fully saturated rings. The summed E-state index contributed by atoms with van der Waals surface area (Å²) in [6.07, 6.45) is 3.02. The molecule has 3 aromatic rings. The lowest BCUT2D eigenvalue weighted by molar-refractivity contribution is 0.0938. The van der Waals surface area contributed by atoms with E-state index in [0.29, 0.717) is 29.1 Å². The molecule has 0 aliphatic carbocycles. The Balaban J connectivity index is 1.59. The summed E-state index contributed by atoms with van der Waals surface area (Å²) in [6, 6.07) is 18.5. The highest BCUT2D eigenvalue weighted by Gasteiger charge is 2.22. The zero-order valence-electron chi connectivity index (χ0n) is 18.2. The van der Waals surface area contributed by atoms with Crippen LogP contribution in [0.3, 0.4) is 0 Å². The average molecular weight is 441 g/mol. The zero-order valence-corrected chi connectivity index (χ0v) is 18.2. The summed E-state index contributed by atoms with van der Waals surface area (Å²) >= 11 is 0. The minimum absolute atomic E-state index is 0.0103. The summed E-state index contributed by atoms with van der Waals surface area (Å²) in [5, 5.41) is 28.7. The lowest BCUT2D eigenvalue weighted by Gasteiger charge is -2.17. The minimum Gasteiger partial charge on any atom is -0.494 e. The lowest BCUT2D eigenvalue weighted by Crippen LogP contribution is -2.29. The van der Waals surface area contributed by atoms with Crippen LogP contribution in [0.25, 0.3) is 0 Å². The molecule has 1 aliphatic rings. The fraction of sp³-hybridized carbons (Fsp3) is 0.240. The third kappa shape index (κ3) is 5.05. The van der Waals surface area contributed by atoms with Crippen molar-refractivity contribution in [2.75, 3.05) is 6.61 Å². The van der Waals surface area contributed by atoms with Gasteiger partial charge in [0.15, 0.2) is 0 Å². The maximum absolute atomic E-state index is 12.7. The molecular formula is C25H23N5O3. The van der Waals surface area contributed by atoms with Crippen LogP contribution < -0.4 is 5.56 Å². The molecule has 4 rings (SSSR count). The number of benzene rings is 2. The topological polar surface area (TPSA) is 112 Å². The third-order valence-electron chi connectivity index (χ3n) is 5.49. The lowest BCUT2D eigenvalue weighted by atomic mass is 10.1. The quantitative estimate of drug-likeness (QED) is 0.424. The first-order valence-electron chi connectivity index (χ1n) is 10.7. The SMILES string of the molecule is Cc1c(C=Nc2ccc(N=Nc3ccccc3)cc2)c(O)n(CC2CCCO2)c(=O)c1C#N. The van der Waals surface area contributed by atoms with Crippen molar-refractivity contribution in [1.82, 2.24) is 4.57 Å². The van der Waals surface area contributed by atoms with E-state index in [1.54, 1.807) is 31.2 Å². The average Bonchev–Trinajstić information content (AvgIpc) is 3.35.